The third kappa shape index (κ3) is 2.61. The average molecular weight is 283 g/mol. The number of aryl methyl sites for hydroxylation is 1. The fourth-order valence-corrected chi connectivity index (χ4v) is 3.22. The molecule has 0 aliphatic heterocycles. The summed E-state index contributed by atoms with van der Waals surface area (Å²) in [7, 11) is 1.69. The molecule has 0 spiro atoms. The normalized spacial score (nSPS) is 20.7. The Kier molecular flexibility index (Phi) is 3.84. The molecule has 0 radical (unpaired) electrons. The Hall–Kier alpha value is -2.00. The van der Waals surface area contributed by atoms with Crippen LogP contribution in [0.15, 0.2) is 48.5 Å². The van der Waals surface area contributed by atoms with E-state index >= 15 is 0 Å². The second-order valence-corrected chi connectivity index (χ2v) is 5.61. The zero-order valence-corrected chi connectivity index (χ0v) is 12.3. The molecule has 1 aliphatic rings. The van der Waals surface area contributed by atoms with E-state index in [0.29, 0.717) is 0 Å². The smallest absolute Gasteiger partial charge is 0.119 e. The van der Waals surface area contributed by atoms with Gasteiger partial charge in [0.25, 0.3) is 0 Å². The first-order chi connectivity index (χ1) is 10.3. The first-order valence-electron chi connectivity index (χ1n) is 7.39. The molecule has 0 saturated carbocycles. The molecule has 1 atom stereocenters. The highest BCUT2D eigenvalue weighted by molar-refractivity contribution is 5.51. The molecule has 110 valence electrons. The standard InChI is InChI=1S/C18H21NO2/c1-21-16-9-10-17-14(12-16)6-5-11-18(17,13-20)19-15-7-3-2-4-8-15/h2-4,7-10,12,19-20H,5-6,11,13H2,1H3. The third-order valence-corrected chi connectivity index (χ3v) is 4.30. The van der Waals surface area contributed by atoms with E-state index in [1.165, 1.54) is 11.1 Å². The van der Waals surface area contributed by atoms with Crippen molar-refractivity contribution >= 4 is 5.69 Å². The van der Waals surface area contributed by atoms with Gasteiger partial charge in [-0.2, -0.15) is 0 Å². The molecule has 1 aliphatic carbocycles. The number of fused-ring (bicyclic) bond motifs is 1. The van der Waals surface area contributed by atoms with E-state index < -0.39 is 5.54 Å². The van der Waals surface area contributed by atoms with Gasteiger partial charge in [0, 0.05) is 5.69 Å². The molecule has 0 fully saturated rings. The van der Waals surface area contributed by atoms with Crippen LogP contribution in [-0.2, 0) is 12.0 Å². The summed E-state index contributed by atoms with van der Waals surface area (Å²) in [5.74, 6) is 0.877. The molecular weight excluding hydrogens is 262 g/mol. The van der Waals surface area contributed by atoms with E-state index in [0.717, 1.165) is 30.7 Å². The van der Waals surface area contributed by atoms with Crippen LogP contribution in [0.4, 0.5) is 5.69 Å². The molecule has 21 heavy (non-hydrogen) atoms. The fourth-order valence-electron chi connectivity index (χ4n) is 3.22. The molecule has 0 bridgehead atoms. The van der Waals surface area contributed by atoms with Gasteiger partial charge in [-0.3, -0.25) is 0 Å². The SMILES string of the molecule is COc1ccc2c(c1)CCCC2(CO)Nc1ccccc1. The van der Waals surface area contributed by atoms with Crippen molar-refractivity contribution in [2.45, 2.75) is 24.8 Å². The maximum atomic E-state index is 10.1. The van der Waals surface area contributed by atoms with Crippen LogP contribution < -0.4 is 10.1 Å². The van der Waals surface area contributed by atoms with E-state index in [4.69, 9.17) is 4.74 Å². The van der Waals surface area contributed by atoms with Crippen LogP contribution in [0.3, 0.4) is 0 Å². The van der Waals surface area contributed by atoms with Gasteiger partial charge in [-0.15, -0.1) is 0 Å². The number of rotatable bonds is 4. The topological polar surface area (TPSA) is 41.5 Å². The van der Waals surface area contributed by atoms with Crippen molar-refractivity contribution in [2.24, 2.45) is 0 Å². The number of anilines is 1. The lowest BCUT2D eigenvalue weighted by Crippen LogP contribution is -2.42. The number of benzene rings is 2. The number of aliphatic hydroxyl groups is 1. The molecule has 2 aromatic carbocycles. The van der Waals surface area contributed by atoms with Gasteiger partial charge in [0.15, 0.2) is 0 Å². The Morgan fingerprint density at radius 2 is 2.00 bits per heavy atom. The number of hydrogen-bond acceptors (Lipinski definition) is 3. The maximum Gasteiger partial charge on any atom is 0.119 e. The Bertz CT molecular complexity index is 612. The Labute approximate surface area is 125 Å². The van der Waals surface area contributed by atoms with Gasteiger partial charge in [0.1, 0.15) is 5.75 Å². The number of aliphatic hydroxyl groups excluding tert-OH is 1. The first-order valence-corrected chi connectivity index (χ1v) is 7.39. The predicted octanol–water partition coefficient (Wildman–Crippen LogP) is 3.33. The Morgan fingerprint density at radius 3 is 2.71 bits per heavy atom. The van der Waals surface area contributed by atoms with Crippen molar-refractivity contribution in [3.05, 3.63) is 59.7 Å². The summed E-state index contributed by atoms with van der Waals surface area (Å²) in [6.07, 6.45) is 3.02. The van der Waals surface area contributed by atoms with E-state index in [2.05, 4.69) is 17.4 Å². The fraction of sp³-hybridized carbons (Fsp3) is 0.333. The van der Waals surface area contributed by atoms with Crippen molar-refractivity contribution in [3.63, 3.8) is 0 Å². The highest BCUT2D eigenvalue weighted by atomic mass is 16.5. The number of methoxy groups -OCH3 is 1. The lowest BCUT2D eigenvalue weighted by atomic mass is 9.76. The minimum absolute atomic E-state index is 0.0845. The summed E-state index contributed by atoms with van der Waals surface area (Å²) in [5.41, 5.74) is 3.08. The van der Waals surface area contributed by atoms with Crippen molar-refractivity contribution in [1.82, 2.24) is 0 Å². The second kappa shape index (κ2) is 5.78. The Balaban J connectivity index is 2.00. The lowest BCUT2D eigenvalue weighted by Gasteiger charge is -2.39. The highest BCUT2D eigenvalue weighted by Gasteiger charge is 2.36. The molecule has 3 heteroatoms. The lowest BCUT2D eigenvalue weighted by molar-refractivity contribution is 0.194. The molecule has 1 unspecified atom stereocenters. The largest absolute Gasteiger partial charge is 0.497 e. The number of hydrogen-bond donors (Lipinski definition) is 2. The molecule has 0 saturated heterocycles. The van der Waals surface area contributed by atoms with Gasteiger partial charge in [0.05, 0.1) is 19.3 Å². The van der Waals surface area contributed by atoms with Crippen LogP contribution in [-0.4, -0.2) is 18.8 Å². The summed E-state index contributed by atoms with van der Waals surface area (Å²) in [4.78, 5) is 0. The quantitative estimate of drug-likeness (QED) is 0.904. The minimum Gasteiger partial charge on any atom is -0.497 e. The van der Waals surface area contributed by atoms with E-state index in [1.807, 2.05) is 36.4 Å². The van der Waals surface area contributed by atoms with Crippen molar-refractivity contribution in [3.8, 4) is 5.75 Å². The maximum absolute atomic E-state index is 10.1. The zero-order valence-electron chi connectivity index (χ0n) is 12.3. The molecule has 2 N–H and O–H groups in total. The number of ether oxygens (including phenoxy) is 1. The molecular formula is C18H21NO2. The van der Waals surface area contributed by atoms with Crippen molar-refractivity contribution in [1.29, 1.82) is 0 Å². The minimum atomic E-state index is -0.402. The predicted molar refractivity (Wildman–Crippen MR) is 84.8 cm³/mol. The van der Waals surface area contributed by atoms with Crippen molar-refractivity contribution in [2.75, 3.05) is 19.0 Å². The second-order valence-electron chi connectivity index (χ2n) is 5.61. The summed E-state index contributed by atoms with van der Waals surface area (Å²) < 4.78 is 5.32. The van der Waals surface area contributed by atoms with Crippen LogP contribution in [0.5, 0.6) is 5.75 Å². The highest BCUT2D eigenvalue weighted by Crippen LogP contribution is 2.39. The molecule has 3 rings (SSSR count). The number of para-hydroxylation sites is 1. The monoisotopic (exact) mass is 283 g/mol. The van der Waals surface area contributed by atoms with Gasteiger partial charge in [-0.25, -0.2) is 0 Å². The molecule has 0 heterocycles. The average Bonchev–Trinajstić information content (AvgIpc) is 2.55. The van der Waals surface area contributed by atoms with Crippen LogP contribution in [0.25, 0.3) is 0 Å². The van der Waals surface area contributed by atoms with Gasteiger partial charge >= 0.3 is 0 Å². The van der Waals surface area contributed by atoms with E-state index in [9.17, 15) is 5.11 Å². The summed E-state index contributed by atoms with van der Waals surface area (Å²) >= 11 is 0. The van der Waals surface area contributed by atoms with Crippen LogP contribution >= 0.6 is 0 Å². The van der Waals surface area contributed by atoms with Gasteiger partial charge in [-0.1, -0.05) is 24.3 Å². The van der Waals surface area contributed by atoms with Gasteiger partial charge in [-0.05, 0) is 54.7 Å². The summed E-state index contributed by atoms with van der Waals surface area (Å²) in [5, 5.41) is 13.6. The molecule has 2 aromatic rings. The third-order valence-electron chi connectivity index (χ3n) is 4.30. The van der Waals surface area contributed by atoms with Crippen molar-refractivity contribution < 1.29 is 9.84 Å². The molecule has 3 nitrogen and oxygen atoms in total. The first kappa shape index (κ1) is 14.0. The van der Waals surface area contributed by atoms with Crippen LogP contribution in [0.1, 0.15) is 24.0 Å². The van der Waals surface area contributed by atoms with Gasteiger partial charge < -0.3 is 15.2 Å². The molecule has 0 aromatic heterocycles. The van der Waals surface area contributed by atoms with E-state index in [-0.39, 0.29) is 6.61 Å². The van der Waals surface area contributed by atoms with Crippen LogP contribution in [0.2, 0.25) is 0 Å². The van der Waals surface area contributed by atoms with E-state index in [1.54, 1.807) is 7.11 Å². The number of nitrogens with one attached hydrogen (secondary N) is 1. The Morgan fingerprint density at radius 1 is 1.19 bits per heavy atom. The van der Waals surface area contributed by atoms with Gasteiger partial charge in [0.2, 0.25) is 0 Å². The summed E-state index contributed by atoms with van der Waals surface area (Å²) in [6, 6.07) is 16.2. The summed E-state index contributed by atoms with van der Waals surface area (Å²) in [6.45, 7) is 0.0845. The molecule has 0 amide bonds. The zero-order chi connectivity index (χ0) is 14.7. The van der Waals surface area contributed by atoms with Crippen LogP contribution in [0, 0.1) is 0 Å².